The quantitative estimate of drug-likeness (QED) is 0.693. The Hall–Kier alpha value is -2.56. The van der Waals surface area contributed by atoms with Gasteiger partial charge in [-0.15, -0.1) is 0 Å². The molecule has 0 saturated carbocycles. The molecule has 5 nitrogen and oxygen atoms in total. The smallest absolute Gasteiger partial charge is 0.261 e. The van der Waals surface area contributed by atoms with Crippen LogP contribution in [0.2, 0.25) is 0 Å². The van der Waals surface area contributed by atoms with Gasteiger partial charge in [-0.3, -0.25) is 4.79 Å². The van der Waals surface area contributed by atoms with Crippen LogP contribution in [0, 0.1) is 5.21 Å². The topological polar surface area (TPSA) is 59.3 Å². The van der Waals surface area contributed by atoms with Crippen molar-refractivity contribution in [3.8, 4) is 0 Å². The van der Waals surface area contributed by atoms with Crippen LogP contribution in [-0.4, -0.2) is 19.0 Å². The zero-order chi connectivity index (χ0) is 14.7. The van der Waals surface area contributed by atoms with Gasteiger partial charge in [0.15, 0.2) is 12.4 Å². The molecule has 1 aromatic heterocycles. The first-order valence-electron chi connectivity index (χ1n) is 7.07. The zero-order valence-electron chi connectivity index (χ0n) is 11.7. The molecule has 1 aromatic carbocycles. The highest BCUT2D eigenvalue weighted by Crippen LogP contribution is 2.22. The van der Waals surface area contributed by atoms with Gasteiger partial charge in [-0.05, 0) is 43.2 Å². The lowest BCUT2D eigenvalue weighted by Crippen LogP contribution is -2.27. The molecule has 1 aliphatic heterocycles. The van der Waals surface area contributed by atoms with Crippen LogP contribution in [0.5, 0.6) is 0 Å². The highest BCUT2D eigenvalue weighted by Gasteiger charge is 2.13. The Morgan fingerprint density at radius 3 is 2.52 bits per heavy atom. The molecule has 2 aromatic rings. The number of carbonyl (C=O) groups excluding carboxylic acids is 1. The highest BCUT2D eigenvalue weighted by molar-refractivity contribution is 6.03. The molecular weight excluding hydrogens is 266 g/mol. The number of amides is 1. The number of nitrogens with zero attached hydrogens (tertiary/aromatic N) is 2. The fourth-order valence-corrected chi connectivity index (χ4v) is 2.52. The van der Waals surface area contributed by atoms with Crippen molar-refractivity contribution in [2.24, 2.45) is 0 Å². The predicted molar refractivity (Wildman–Crippen MR) is 81.2 cm³/mol. The molecule has 0 radical (unpaired) electrons. The fraction of sp³-hybridized carbons (Fsp3) is 0.250. The Labute approximate surface area is 123 Å². The van der Waals surface area contributed by atoms with Crippen LogP contribution < -0.4 is 14.9 Å². The summed E-state index contributed by atoms with van der Waals surface area (Å²) >= 11 is 0. The fourth-order valence-electron chi connectivity index (χ4n) is 2.52. The van der Waals surface area contributed by atoms with Gasteiger partial charge in [0.25, 0.3) is 5.91 Å². The largest absolute Gasteiger partial charge is 0.619 e. The summed E-state index contributed by atoms with van der Waals surface area (Å²) in [6.07, 6.45) is 5.08. The van der Waals surface area contributed by atoms with Crippen molar-refractivity contribution in [1.82, 2.24) is 0 Å². The molecule has 108 valence electrons. The van der Waals surface area contributed by atoms with E-state index in [0.29, 0.717) is 10.3 Å². The highest BCUT2D eigenvalue weighted by atomic mass is 16.5. The summed E-state index contributed by atoms with van der Waals surface area (Å²) in [5.41, 5.74) is 2.25. The molecule has 5 heteroatoms. The zero-order valence-corrected chi connectivity index (χ0v) is 11.7. The number of rotatable bonds is 3. The van der Waals surface area contributed by atoms with E-state index in [4.69, 9.17) is 0 Å². The monoisotopic (exact) mass is 283 g/mol. The number of aromatic nitrogens is 1. The molecule has 21 heavy (non-hydrogen) atoms. The van der Waals surface area contributed by atoms with Gasteiger partial charge in [0.05, 0.1) is 0 Å². The maximum atomic E-state index is 12.0. The summed E-state index contributed by atoms with van der Waals surface area (Å²) < 4.78 is 0.616. The third-order valence-corrected chi connectivity index (χ3v) is 3.63. The van der Waals surface area contributed by atoms with E-state index in [-0.39, 0.29) is 5.91 Å². The lowest BCUT2D eigenvalue weighted by atomic mass is 10.2. The van der Waals surface area contributed by atoms with Crippen molar-refractivity contribution in [3.05, 3.63) is 59.6 Å². The molecule has 1 aliphatic rings. The Kier molecular flexibility index (Phi) is 3.73. The molecule has 0 aliphatic carbocycles. The Bertz CT molecular complexity index is 634. The van der Waals surface area contributed by atoms with Gasteiger partial charge in [0, 0.05) is 30.5 Å². The molecule has 1 saturated heterocycles. The first kappa shape index (κ1) is 13.4. The molecule has 0 unspecified atom stereocenters. The van der Waals surface area contributed by atoms with Crippen molar-refractivity contribution >= 4 is 17.3 Å². The lowest BCUT2D eigenvalue weighted by molar-refractivity contribution is -0.605. The molecule has 0 spiro atoms. The van der Waals surface area contributed by atoms with Gasteiger partial charge in [-0.2, -0.15) is 4.73 Å². The minimum absolute atomic E-state index is 0.283. The summed E-state index contributed by atoms with van der Waals surface area (Å²) in [7, 11) is 0. The SMILES string of the molecule is O=C(Nc1ccc(N2CCCC2)cc1)c1ccc[n+]([O-])c1. The van der Waals surface area contributed by atoms with E-state index in [1.807, 2.05) is 24.3 Å². The van der Waals surface area contributed by atoms with Gasteiger partial charge in [-0.25, -0.2) is 0 Å². The van der Waals surface area contributed by atoms with Crippen LogP contribution in [-0.2, 0) is 0 Å². The van der Waals surface area contributed by atoms with Crippen molar-refractivity contribution in [2.45, 2.75) is 12.8 Å². The summed E-state index contributed by atoms with van der Waals surface area (Å²) in [6, 6.07) is 11.0. The number of hydrogen-bond acceptors (Lipinski definition) is 3. The third kappa shape index (κ3) is 3.13. The lowest BCUT2D eigenvalue weighted by Gasteiger charge is -2.17. The summed E-state index contributed by atoms with van der Waals surface area (Å²) in [4.78, 5) is 14.4. The molecular formula is C16H17N3O2. The van der Waals surface area contributed by atoms with E-state index in [9.17, 15) is 10.0 Å². The number of nitrogens with one attached hydrogen (secondary N) is 1. The first-order valence-corrected chi connectivity index (χ1v) is 7.07. The maximum absolute atomic E-state index is 12.0. The van der Waals surface area contributed by atoms with Crippen LogP contribution >= 0.6 is 0 Å². The summed E-state index contributed by atoms with van der Waals surface area (Å²) in [5, 5.41) is 14.0. The minimum Gasteiger partial charge on any atom is -0.619 e. The van der Waals surface area contributed by atoms with Crippen molar-refractivity contribution in [2.75, 3.05) is 23.3 Å². The first-order chi connectivity index (χ1) is 10.2. The number of pyridine rings is 1. The molecule has 1 fully saturated rings. The number of carbonyl (C=O) groups is 1. The molecule has 2 heterocycles. The molecule has 1 N–H and O–H groups in total. The van der Waals surface area contributed by atoms with Crippen LogP contribution in [0.3, 0.4) is 0 Å². The molecule has 0 bridgehead atoms. The van der Waals surface area contributed by atoms with Gasteiger partial charge >= 0.3 is 0 Å². The summed E-state index contributed by atoms with van der Waals surface area (Å²) in [5.74, 6) is -0.283. The van der Waals surface area contributed by atoms with Crippen LogP contribution in [0.1, 0.15) is 23.2 Å². The van der Waals surface area contributed by atoms with E-state index >= 15 is 0 Å². The van der Waals surface area contributed by atoms with E-state index in [1.54, 1.807) is 12.1 Å². The molecule has 0 atom stereocenters. The van der Waals surface area contributed by atoms with E-state index in [0.717, 1.165) is 18.8 Å². The van der Waals surface area contributed by atoms with Gasteiger partial charge in [-0.1, -0.05) is 0 Å². The second kappa shape index (κ2) is 5.83. The number of anilines is 2. The van der Waals surface area contributed by atoms with E-state index in [1.165, 1.54) is 30.9 Å². The third-order valence-electron chi connectivity index (χ3n) is 3.63. The summed E-state index contributed by atoms with van der Waals surface area (Å²) in [6.45, 7) is 2.19. The normalized spacial score (nSPS) is 14.2. The number of benzene rings is 1. The second-order valence-electron chi connectivity index (χ2n) is 5.15. The molecule has 1 amide bonds. The Balaban J connectivity index is 1.68. The van der Waals surface area contributed by atoms with Crippen LogP contribution in [0.15, 0.2) is 48.8 Å². The average molecular weight is 283 g/mol. The van der Waals surface area contributed by atoms with E-state index < -0.39 is 0 Å². The average Bonchev–Trinajstić information content (AvgIpc) is 3.02. The standard InChI is InChI=1S/C16H17N3O2/c20-16(13-4-3-11-19(21)12-13)17-14-5-7-15(8-6-14)18-9-1-2-10-18/h3-8,11-12H,1-2,9-10H2,(H,17,20). The minimum atomic E-state index is -0.283. The van der Waals surface area contributed by atoms with Crippen LogP contribution in [0.25, 0.3) is 0 Å². The van der Waals surface area contributed by atoms with Crippen molar-refractivity contribution in [1.29, 1.82) is 0 Å². The van der Waals surface area contributed by atoms with Gasteiger partial charge in [0.2, 0.25) is 0 Å². The van der Waals surface area contributed by atoms with Crippen LogP contribution in [0.4, 0.5) is 11.4 Å². The van der Waals surface area contributed by atoms with Gasteiger partial charge < -0.3 is 15.4 Å². The van der Waals surface area contributed by atoms with E-state index in [2.05, 4.69) is 10.2 Å². The Morgan fingerprint density at radius 2 is 1.86 bits per heavy atom. The molecule has 3 rings (SSSR count). The van der Waals surface area contributed by atoms with Crippen molar-refractivity contribution in [3.63, 3.8) is 0 Å². The predicted octanol–water partition coefficient (Wildman–Crippen LogP) is 2.17. The Morgan fingerprint density at radius 1 is 1.14 bits per heavy atom. The maximum Gasteiger partial charge on any atom is 0.261 e. The van der Waals surface area contributed by atoms with Crippen molar-refractivity contribution < 1.29 is 9.52 Å². The second-order valence-corrected chi connectivity index (χ2v) is 5.15. The van der Waals surface area contributed by atoms with Gasteiger partial charge in [0.1, 0.15) is 5.56 Å². The number of hydrogen-bond donors (Lipinski definition) is 1.